The zero-order valence-electron chi connectivity index (χ0n) is 9.67. The van der Waals surface area contributed by atoms with E-state index in [1.54, 1.807) is 18.2 Å². The van der Waals surface area contributed by atoms with Gasteiger partial charge in [-0.1, -0.05) is 12.1 Å². The molecular formula is C12H14O5. The van der Waals surface area contributed by atoms with Crippen LogP contribution in [0.5, 0.6) is 11.5 Å². The van der Waals surface area contributed by atoms with E-state index in [9.17, 15) is 4.79 Å². The lowest BCUT2D eigenvalue weighted by Gasteiger charge is -2.11. The van der Waals surface area contributed by atoms with Crippen molar-refractivity contribution in [3.05, 3.63) is 29.8 Å². The SMILES string of the molecule is COCOc1cccc(/C=C/C(=O)O)c1OC. The molecule has 0 saturated heterocycles. The molecule has 5 nitrogen and oxygen atoms in total. The van der Waals surface area contributed by atoms with Crippen molar-refractivity contribution in [1.82, 2.24) is 0 Å². The number of benzene rings is 1. The van der Waals surface area contributed by atoms with E-state index in [4.69, 9.17) is 19.3 Å². The Morgan fingerprint density at radius 3 is 2.76 bits per heavy atom. The Morgan fingerprint density at radius 1 is 1.41 bits per heavy atom. The number of methoxy groups -OCH3 is 2. The van der Waals surface area contributed by atoms with Gasteiger partial charge in [0.05, 0.1) is 7.11 Å². The summed E-state index contributed by atoms with van der Waals surface area (Å²) >= 11 is 0. The fourth-order valence-electron chi connectivity index (χ4n) is 1.28. The first-order valence-electron chi connectivity index (χ1n) is 4.88. The third-order valence-corrected chi connectivity index (χ3v) is 1.95. The molecule has 1 rings (SSSR count). The number of rotatable bonds is 6. The van der Waals surface area contributed by atoms with E-state index >= 15 is 0 Å². The Hall–Kier alpha value is -2.01. The lowest BCUT2D eigenvalue weighted by Crippen LogP contribution is -2.01. The highest BCUT2D eigenvalue weighted by atomic mass is 16.7. The minimum absolute atomic E-state index is 0.0997. The summed E-state index contributed by atoms with van der Waals surface area (Å²) in [5, 5.41) is 8.57. The lowest BCUT2D eigenvalue weighted by molar-refractivity contribution is -0.131. The average Bonchev–Trinajstić information content (AvgIpc) is 2.33. The summed E-state index contributed by atoms with van der Waals surface area (Å²) in [4.78, 5) is 10.5. The zero-order valence-corrected chi connectivity index (χ0v) is 9.67. The van der Waals surface area contributed by atoms with Crippen LogP contribution in [0.4, 0.5) is 0 Å². The quantitative estimate of drug-likeness (QED) is 0.604. The first-order chi connectivity index (χ1) is 8.19. The Morgan fingerprint density at radius 2 is 2.18 bits per heavy atom. The first kappa shape index (κ1) is 13.1. The second-order valence-corrected chi connectivity index (χ2v) is 3.10. The number of hydrogen-bond donors (Lipinski definition) is 1. The number of carboxylic acid groups (broad SMARTS) is 1. The van der Waals surface area contributed by atoms with Gasteiger partial charge in [0.2, 0.25) is 0 Å². The second-order valence-electron chi connectivity index (χ2n) is 3.10. The molecule has 0 heterocycles. The van der Waals surface area contributed by atoms with Crippen molar-refractivity contribution in [3.8, 4) is 11.5 Å². The summed E-state index contributed by atoms with van der Waals surface area (Å²) < 4.78 is 15.3. The molecule has 0 bridgehead atoms. The molecule has 1 N–H and O–H groups in total. The molecule has 0 unspecified atom stereocenters. The minimum atomic E-state index is -1.02. The molecule has 1 aromatic carbocycles. The van der Waals surface area contributed by atoms with Crippen LogP contribution in [0.25, 0.3) is 6.08 Å². The summed E-state index contributed by atoms with van der Waals surface area (Å²) in [5.74, 6) is -0.0424. The van der Waals surface area contributed by atoms with Crippen LogP contribution in [-0.2, 0) is 9.53 Å². The minimum Gasteiger partial charge on any atom is -0.492 e. The van der Waals surface area contributed by atoms with Crippen LogP contribution in [0, 0.1) is 0 Å². The van der Waals surface area contributed by atoms with Crippen molar-refractivity contribution in [3.63, 3.8) is 0 Å². The van der Waals surface area contributed by atoms with Crippen molar-refractivity contribution in [2.75, 3.05) is 21.0 Å². The maximum absolute atomic E-state index is 10.5. The molecule has 0 fully saturated rings. The predicted molar refractivity (Wildman–Crippen MR) is 62.2 cm³/mol. The molecule has 1 aromatic rings. The summed E-state index contributed by atoms with van der Waals surface area (Å²) in [7, 11) is 3.01. The molecule has 0 amide bonds. The van der Waals surface area contributed by atoms with Crippen molar-refractivity contribution in [2.24, 2.45) is 0 Å². The molecule has 0 saturated carbocycles. The molecule has 0 aromatic heterocycles. The summed E-state index contributed by atoms with van der Waals surface area (Å²) in [6.45, 7) is 0.0997. The van der Waals surface area contributed by atoms with E-state index in [1.165, 1.54) is 20.3 Å². The van der Waals surface area contributed by atoms with Gasteiger partial charge in [-0.05, 0) is 12.1 Å². The summed E-state index contributed by atoms with van der Waals surface area (Å²) in [6, 6.07) is 5.20. The van der Waals surface area contributed by atoms with E-state index in [-0.39, 0.29) is 6.79 Å². The van der Waals surface area contributed by atoms with Crippen LogP contribution in [0.1, 0.15) is 5.56 Å². The highest BCUT2D eigenvalue weighted by Gasteiger charge is 2.08. The van der Waals surface area contributed by atoms with E-state index in [2.05, 4.69) is 0 Å². The number of para-hydroxylation sites is 1. The van der Waals surface area contributed by atoms with Gasteiger partial charge in [-0.25, -0.2) is 4.79 Å². The van der Waals surface area contributed by atoms with Crippen molar-refractivity contribution < 1.29 is 24.1 Å². The van der Waals surface area contributed by atoms with Crippen molar-refractivity contribution in [2.45, 2.75) is 0 Å². The fraction of sp³-hybridized carbons (Fsp3) is 0.250. The molecule has 0 aliphatic carbocycles. The predicted octanol–water partition coefficient (Wildman–Crippen LogP) is 1.78. The van der Waals surface area contributed by atoms with Gasteiger partial charge in [0.15, 0.2) is 18.3 Å². The number of carbonyl (C=O) groups is 1. The molecule has 0 aliphatic rings. The number of hydrogen-bond acceptors (Lipinski definition) is 4. The topological polar surface area (TPSA) is 65.0 Å². The van der Waals surface area contributed by atoms with Gasteiger partial charge >= 0.3 is 5.97 Å². The average molecular weight is 238 g/mol. The zero-order chi connectivity index (χ0) is 12.7. The van der Waals surface area contributed by atoms with Crippen LogP contribution in [0.2, 0.25) is 0 Å². The van der Waals surface area contributed by atoms with Crippen LogP contribution in [-0.4, -0.2) is 32.1 Å². The van der Waals surface area contributed by atoms with Crippen LogP contribution < -0.4 is 9.47 Å². The van der Waals surface area contributed by atoms with Gasteiger partial charge in [-0.2, -0.15) is 0 Å². The van der Waals surface area contributed by atoms with Crippen molar-refractivity contribution in [1.29, 1.82) is 0 Å². The van der Waals surface area contributed by atoms with Gasteiger partial charge in [-0.15, -0.1) is 0 Å². The Bertz CT molecular complexity index is 411. The Balaban J connectivity index is 3.00. The monoisotopic (exact) mass is 238 g/mol. The van der Waals surface area contributed by atoms with E-state index in [1.807, 2.05) is 0 Å². The smallest absolute Gasteiger partial charge is 0.328 e. The molecule has 0 radical (unpaired) electrons. The van der Waals surface area contributed by atoms with E-state index < -0.39 is 5.97 Å². The standard InChI is InChI=1S/C12H14O5/c1-15-8-17-10-5-3-4-9(12(10)16-2)6-7-11(13)14/h3-7H,8H2,1-2H3,(H,13,14)/b7-6+. The molecule has 92 valence electrons. The number of carboxylic acids is 1. The second kappa shape index (κ2) is 6.55. The first-order valence-corrected chi connectivity index (χ1v) is 4.88. The van der Waals surface area contributed by atoms with Crippen LogP contribution in [0.3, 0.4) is 0 Å². The highest BCUT2D eigenvalue weighted by molar-refractivity contribution is 5.86. The van der Waals surface area contributed by atoms with Crippen LogP contribution >= 0.6 is 0 Å². The maximum Gasteiger partial charge on any atom is 0.328 e. The third kappa shape index (κ3) is 3.81. The van der Waals surface area contributed by atoms with E-state index in [0.29, 0.717) is 17.1 Å². The molecule has 5 heteroatoms. The maximum atomic E-state index is 10.5. The number of ether oxygens (including phenoxy) is 3. The van der Waals surface area contributed by atoms with Gasteiger partial charge in [-0.3, -0.25) is 0 Å². The van der Waals surface area contributed by atoms with Gasteiger partial charge < -0.3 is 19.3 Å². The molecule has 0 spiro atoms. The lowest BCUT2D eigenvalue weighted by atomic mass is 10.1. The summed E-state index contributed by atoms with van der Waals surface area (Å²) in [5.41, 5.74) is 0.628. The normalized spacial score (nSPS) is 10.5. The van der Waals surface area contributed by atoms with Gasteiger partial charge in [0, 0.05) is 18.7 Å². The van der Waals surface area contributed by atoms with Crippen molar-refractivity contribution >= 4 is 12.0 Å². The van der Waals surface area contributed by atoms with Gasteiger partial charge in [0.25, 0.3) is 0 Å². The molecule has 0 aliphatic heterocycles. The highest BCUT2D eigenvalue weighted by Crippen LogP contribution is 2.31. The third-order valence-electron chi connectivity index (χ3n) is 1.95. The van der Waals surface area contributed by atoms with Gasteiger partial charge in [0.1, 0.15) is 0 Å². The Kier molecular flexibility index (Phi) is 5.03. The molecule has 0 atom stereocenters. The van der Waals surface area contributed by atoms with E-state index in [0.717, 1.165) is 6.08 Å². The fourth-order valence-corrected chi connectivity index (χ4v) is 1.28. The summed E-state index contributed by atoms with van der Waals surface area (Å²) in [6.07, 6.45) is 2.48. The molecular weight excluding hydrogens is 224 g/mol. The largest absolute Gasteiger partial charge is 0.492 e. The molecule has 17 heavy (non-hydrogen) atoms. The number of aliphatic carboxylic acids is 1. The van der Waals surface area contributed by atoms with Crippen LogP contribution in [0.15, 0.2) is 24.3 Å². The Labute approximate surface area is 99.2 Å².